The molecular weight excluding hydrogens is 705 g/mol. The van der Waals surface area contributed by atoms with Crippen LogP contribution < -0.4 is 0 Å². The molecule has 0 bridgehead atoms. The van der Waals surface area contributed by atoms with Crippen molar-refractivity contribution < 1.29 is 0 Å². The molecule has 12 aromatic rings. The predicted molar refractivity (Wildman–Crippen MR) is 242 cm³/mol. The monoisotopic (exact) mass is 738 g/mol. The van der Waals surface area contributed by atoms with E-state index in [1.807, 2.05) is 0 Å². The molecular formula is C54H34N4. The summed E-state index contributed by atoms with van der Waals surface area (Å²) in [7, 11) is 0. The SMILES string of the molecule is c1ccc(-n2c3ccccc3c3cc(-c4ccc(-c5ccc6c(c5)c5ccccc5n6-c5nc(-c6ccc7ccccc7c6)c6ccccc6n5)cc4)ccc32)cc1. The summed E-state index contributed by atoms with van der Waals surface area (Å²) in [5.74, 6) is 0.661. The van der Waals surface area contributed by atoms with Crippen LogP contribution in [-0.2, 0) is 0 Å². The highest BCUT2D eigenvalue weighted by Gasteiger charge is 2.19. The lowest BCUT2D eigenvalue weighted by atomic mass is 9.98. The Bertz CT molecular complexity index is 3560. The first-order valence-electron chi connectivity index (χ1n) is 19.7. The lowest BCUT2D eigenvalue weighted by molar-refractivity contribution is 1.01. The number of nitrogens with zero attached hydrogens (tertiary/aromatic N) is 4. The predicted octanol–water partition coefficient (Wildman–Crippen LogP) is 14.0. The van der Waals surface area contributed by atoms with Crippen LogP contribution in [0, 0.1) is 0 Å². The molecule has 0 atom stereocenters. The van der Waals surface area contributed by atoms with E-state index >= 15 is 0 Å². The van der Waals surface area contributed by atoms with Crippen LogP contribution >= 0.6 is 0 Å². The molecule has 270 valence electrons. The highest BCUT2D eigenvalue weighted by molar-refractivity contribution is 6.12. The zero-order valence-electron chi connectivity index (χ0n) is 31.4. The van der Waals surface area contributed by atoms with Gasteiger partial charge in [0.1, 0.15) is 0 Å². The first kappa shape index (κ1) is 32.4. The lowest BCUT2D eigenvalue weighted by Gasteiger charge is -2.12. The van der Waals surface area contributed by atoms with Crippen LogP contribution in [0.4, 0.5) is 0 Å². The van der Waals surface area contributed by atoms with E-state index in [0.29, 0.717) is 5.95 Å². The lowest BCUT2D eigenvalue weighted by Crippen LogP contribution is -2.03. The number of hydrogen-bond donors (Lipinski definition) is 0. The summed E-state index contributed by atoms with van der Waals surface area (Å²) < 4.78 is 4.58. The molecule has 0 fully saturated rings. The quantitative estimate of drug-likeness (QED) is 0.176. The van der Waals surface area contributed by atoms with E-state index in [0.717, 1.165) is 33.2 Å². The van der Waals surface area contributed by atoms with Gasteiger partial charge in [0.25, 0.3) is 0 Å². The highest BCUT2D eigenvalue weighted by atomic mass is 15.2. The molecule has 0 aliphatic rings. The topological polar surface area (TPSA) is 35.6 Å². The van der Waals surface area contributed by atoms with E-state index in [2.05, 4.69) is 215 Å². The van der Waals surface area contributed by atoms with Crippen molar-refractivity contribution in [1.29, 1.82) is 0 Å². The second kappa shape index (κ2) is 12.9. The third kappa shape index (κ3) is 5.09. The van der Waals surface area contributed by atoms with Crippen molar-refractivity contribution in [2.45, 2.75) is 0 Å². The maximum Gasteiger partial charge on any atom is 0.235 e. The van der Waals surface area contributed by atoms with Crippen LogP contribution in [0.3, 0.4) is 0 Å². The molecule has 0 radical (unpaired) electrons. The molecule has 9 aromatic carbocycles. The molecule has 3 heterocycles. The van der Waals surface area contributed by atoms with Crippen LogP contribution in [0.5, 0.6) is 0 Å². The van der Waals surface area contributed by atoms with Crippen molar-refractivity contribution in [2.75, 3.05) is 0 Å². The molecule has 0 saturated heterocycles. The zero-order chi connectivity index (χ0) is 38.2. The molecule has 0 aliphatic heterocycles. The smallest absolute Gasteiger partial charge is 0.235 e. The van der Waals surface area contributed by atoms with E-state index in [9.17, 15) is 0 Å². The zero-order valence-corrected chi connectivity index (χ0v) is 31.4. The standard InChI is InChI=1S/C54H34N4/c1-2-14-42(15-3-1)57-49-20-10-7-16-43(49)46-33-39(28-30-51(46)57)36-22-24-37(25-23-36)40-29-31-52-47(34-40)44-17-8-11-21-50(44)58(52)54-55-48-19-9-6-18-45(48)53(56-54)41-27-26-35-12-4-5-13-38(35)32-41/h1-34H. The molecule has 12 rings (SSSR count). The minimum absolute atomic E-state index is 0.661. The van der Waals surface area contributed by atoms with Crippen molar-refractivity contribution in [1.82, 2.24) is 19.1 Å². The fraction of sp³-hybridized carbons (Fsp3) is 0. The van der Waals surface area contributed by atoms with E-state index in [-0.39, 0.29) is 0 Å². The van der Waals surface area contributed by atoms with Crippen molar-refractivity contribution in [3.8, 4) is 45.1 Å². The normalized spacial score (nSPS) is 11.8. The second-order valence-electron chi connectivity index (χ2n) is 15.0. The van der Waals surface area contributed by atoms with Gasteiger partial charge in [-0.05, 0) is 93.7 Å². The largest absolute Gasteiger partial charge is 0.309 e. The molecule has 0 amide bonds. The summed E-state index contributed by atoms with van der Waals surface area (Å²) in [4.78, 5) is 10.5. The van der Waals surface area contributed by atoms with Gasteiger partial charge in [0, 0.05) is 38.2 Å². The van der Waals surface area contributed by atoms with Crippen LogP contribution in [0.25, 0.3) is 110 Å². The molecule has 0 spiro atoms. The Kier molecular flexibility index (Phi) is 7.20. The number of aromatic nitrogens is 4. The Morgan fingerprint density at radius 1 is 0.293 bits per heavy atom. The average Bonchev–Trinajstić information content (AvgIpc) is 3.81. The van der Waals surface area contributed by atoms with Gasteiger partial charge in [-0.25, -0.2) is 9.97 Å². The fourth-order valence-corrected chi connectivity index (χ4v) is 8.95. The Labute approximate surface area is 334 Å². The summed E-state index contributed by atoms with van der Waals surface area (Å²) in [5, 5.41) is 8.28. The van der Waals surface area contributed by atoms with Crippen LogP contribution in [0.1, 0.15) is 0 Å². The Morgan fingerprint density at radius 2 is 0.793 bits per heavy atom. The molecule has 0 saturated carbocycles. The number of hydrogen-bond acceptors (Lipinski definition) is 2. The Balaban J connectivity index is 0.951. The van der Waals surface area contributed by atoms with Gasteiger partial charge in [-0.2, -0.15) is 0 Å². The minimum Gasteiger partial charge on any atom is -0.309 e. The van der Waals surface area contributed by atoms with Gasteiger partial charge < -0.3 is 4.57 Å². The molecule has 58 heavy (non-hydrogen) atoms. The maximum atomic E-state index is 5.34. The van der Waals surface area contributed by atoms with Gasteiger partial charge in [0.2, 0.25) is 5.95 Å². The van der Waals surface area contributed by atoms with Crippen LogP contribution in [-0.4, -0.2) is 19.1 Å². The summed E-state index contributed by atoms with van der Waals surface area (Å²) in [6, 6.07) is 73.9. The Hall–Kier alpha value is -7.82. The molecule has 4 heteroatoms. The van der Waals surface area contributed by atoms with Gasteiger partial charge in [0.15, 0.2) is 0 Å². The van der Waals surface area contributed by atoms with Crippen molar-refractivity contribution in [2.24, 2.45) is 0 Å². The van der Waals surface area contributed by atoms with E-state index in [1.54, 1.807) is 0 Å². The van der Waals surface area contributed by atoms with Crippen LogP contribution in [0.2, 0.25) is 0 Å². The fourth-order valence-electron chi connectivity index (χ4n) is 8.95. The molecule has 0 aliphatic carbocycles. The average molecular weight is 739 g/mol. The molecule has 0 unspecified atom stereocenters. The van der Waals surface area contributed by atoms with Gasteiger partial charge in [-0.1, -0.05) is 146 Å². The van der Waals surface area contributed by atoms with Gasteiger partial charge >= 0.3 is 0 Å². The number of fused-ring (bicyclic) bond motifs is 8. The number of para-hydroxylation sites is 4. The van der Waals surface area contributed by atoms with E-state index in [4.69, 9.17) is 9.97 Å². The van der Waals surface area contributed by atoms with Crippen molar-refractivity contribution >= 4 is 65.3 Å². The first-order valence-corrected chi connectivity index (χ1v) is 19.7. The van der Waals surface area contributed by atoms with Gasteiger partial charge in [0.05, 0.1) is 33.3 Å². The van der Waals surface area contributed by atoms with Crippen LogP contribution in [0.15, 0.2) is 206 Å². The molecule has 0 N–H and O–H groups in total. The maximum absolute atomic E-state index is 5.34. The van der Waals surface area contributed by atoms with E-state index in [1.165, 1.54) is 71.3 Å². The third-order valence-electron chi connectivity index (χ3n) is 11.7. The van der Waals surface area contributed by atoms with Crippen molar-refractivity contribution in [3.05, 3.63) is 206 Å². The summed E-state index contributed by atoms with van der Waals surface area (Å²) in [5.41, 5.74) is 13.4. The number of benzene rings is 9. The minimum atomic E-state index is 0.661. The summed E-state index contributed by atoms with van der Waals surface area (Å²) >= 11 is 0. The third-order valence-corrected chi connectivity index (χ3v) is 11.7. The second-order valence-corrected chi connectivity index (χ2v) is 15.0. The van der Waals surface area contributed by atoms with Gasteiger partial charge in [-0.15, -0.1) is 0 Å². The van der Waals surface area contributed by atoms with Gasteiger partial charge in [-0.3, -0.25) is 4.57 Å². The number of rotatable bonds is 5. The molecule has 4 nitrogen and oxygen atoms in total. The highest BCUT2D eigenvalue weighted by Crippen LogP contribution is 2.38. The summed E-state index contributed by atoms with van der Waals surface area (Å²) in [6.07, 6.45) is 0. The van der Waals surface area contributed by atoms with Crippen molar-refractivity contribution in [3.63, 3.8) is 0 Å². The molecule has 3 aromatic heterocycles. The Morgan fingerprint density at radius 3 is 1.48 bits per heavy atom. The first-order chi connectivity index (χ1) is 28.7. The summed E-state index contributed by atoms with van der Waals surface area (Å²) in [6.45, 7) is 0. The van der Waals surface area contributed by atoms with E-state index < -0.39 is 0 Å².